The molecule has 1 unspecified atom stereocenters. The topological polar surface area (TPSA) is 69.7 Å². The number of nitrogens with one attached hydrogen (secondary N) is 1. The molecule has 2 aliphatic rings. The summed E-state index contributed by atoms with van der Waals surface area (Å²) in [6.45, 7) is 1.91. The zero-order chi connectivity index (χ0) is 20.9. The molecule has 2 fully saturated rings. The highest BCUT2D eigenvalue weighted by Crippen LogP contribution is 2.23. The molecule has 2 saturated heterocycles. The number of rotatable bonds is 5. The molecule has 2 heterocycles. The van der Waals surface area contributed by atoms with Gasteiger partial charge in [0, 0.05) is 37.4 Å². The normalized spacial score (nSPS) is 19.1. The zero-order valence-corrected chi connectivity index (χ0v) is 17.0. The van der Waals surface area contributed by atoms with Crippen LogP contribution in [0.5, 0.6) is 0 Å². The number of nitrogens with zero attached hydrogens (tertiary/aromatic N) is 2. The third-order valence-electron chi connectivity index (χ3n) is 5.86. The van der Waals surface area contributed by atoms with Crippen LogP contribution in [-0.2, 0) is 20.8 Å². The van der Waals surface area contributed by atoms with Gasteiger partial charge in [-0.3, -0.25) is 14.4 Å². The van der Waals surface area contributed by atoms with E-state index in [2.05, 4.69) is 5.32 Å². The van der Waals surface area contributed by atoms with Gasteiger partial charge < -0.3 is 15.1 Å². The van der Waals surface area contributed by atoms with E-state index in [9.17, 15) is 14.4 Å². The van der Waals surface area contributed by atoms with Crippen molar-refractivity contribution in [3.05, 3.63) is 60.2 Å². The monoisotopic (exact) mass is 405 g/mol. The number of carbonyl (C=O) groups is 3. The molecule has 0 spiro atoms. The quantitative estimate of drug-likeness (QED) is 0.830. The third kappa shape index (κ3) is 4.70. The lowest BCUT2D eigenvalue weighted by Gasteiger charge is -2.32. The van der Waals surface area contributed by atoms with Crippen LogP contribution in [0.4, 0.5) is 11.4 Å². The summed E-state index contributed by atoms with van der Waals surface area (Å²) in [5.74, 6) is -0.0195. The molecule has 3 amide bonds. The van der Waals surface area contributed by atoms with Gasteiger partial charge in [0.2, 0.25) is 17.7 Å². The minimum absolute atomic E-state index is 0.0293. The average molecular weight is 405 g/mol. The number of anilines is 2. The molecular formula is C24H27N3O3. The van der Waals surface area contributed by atoms with Gasteiger partial charge in [0.25, 0.3) is 0 Å². The molecule has 156 valence electrons. The second-order valence-corrected chi connectivity index (χ2v) is 8.03. The molecule has 30 heavy (non-hydrogen) atoms. The van der Waals surface area contributed by atoms with Crippen molar-refractivity contribution in [3.63, 3.8) is 0 Å². The summed E-state index contributed by atoms with van der Waals surface area (Å²) in [6, 6.07) is 17.1. The lowest BCUT2D eigenvalue weighted by molar-refractivity contribution is -0.134. The van der Waals surface area contributed by atoms with Crippen molar-refractivity contribution in [2.45, 2.75) is 32.1 Å². The van der Waals surface area contributed by atoms with Gasteiger partial charge in [0.1, 0.15) is 0 Å². The van der Waals surface area contributed by atoms with Crippen molar-refractivity contribution in [2.24, 2.45) is 5.92 Å². The van der Waals surface area contributed by atoms with Gasteiger partial charge in [-0.15, -0.1) is 0 Å². The Morgan fingerprint density at radius 1 is 0.967 bits per heavy atom. The highest BCUT2D eigenvalue weighted by molar-refractivity contribution is 5.95. The molecule has 0 radical (unpaired) electrons. The number of hydrogen-bond donors (Lipinski definition) is 1. The first-order valence-electron chi connectivity index (χ1n) is 10.6. The fraction of sp³-hybridized carbons (Fsp3) is 0.375. The van der Waals surface area contributed by atoms with Crippen LogP contribution in [0.25, 0.3) is 0 Å². The van der Waals surface area contributed by atoms with Crippen LogP contribution < -0.4 is 10.2 Å². The number of benzene rings is 2. The molecule has 2 aromatic rings. The summed E-state index contributed by atoms with van der Waals surface area (Å²) in [5, 5.41) is 2.95. The molecule has 4 rings (SSSR count). The van der Waals surface area contributed by atoms with Crippen molar-refractivity contribution in [2.75, 3.05) is 29.9 Å². The molecule has 0 aliphatic carbocycles. The smallest absolute Gasteiger partial charge is 0.229 e. The Balaban J connectivity index is 1.33. The second kappa shape index (κ2) is 9.11. The molecule has 6 nitrogen and oxygen atoms in total. The largest absolute Gasteiger partial charge is 0.342 e. The van der Waals surface area contributed by atoms with Crippen LogP contribution in [0.1, 0.15) is 31.2 Å². The van der Waals surface area contributed by atoms with E-state index >= 15 is 0 Å². The average Bonchev–Trinajstić information content (AvgIpc) is 3.21. The Morgan fingerprint density at radius 2 is 1.73 bits per heavy atom. The SMILES string of the molecule is O=C(Nc1ccccc1)C1CCCN(C(=O)Cc2ccc(N3CCCC3=O)cc2)C1. The van der Waals surface area contributed by atoms with E-state index in [0.29, 0.717) is 25.9 Å². The first-order chi connectivity index (χ1) is 14.6. The predicted molar refractivity (Wildman–Crippen MR) is 116 cm³/mol. The van der Waals surface area contributed by atoms with Crippen LogP contribution in [0.15, 0.2) is 54.6 Å². The molecule has 6 heteroatoms. The zero-order valence-electron chi connectivity index (χ0n) is 17.0. The van der Waals surface area contributed by atoms with Crippen LogP contribution in [0.2, 0.25) is 0 Å². The van der Waals surface area contributed by atoms with Gasteiger partial charge in [0.05, 0.1) is 12.3 Å². The van der Waals surface area contributed by atoms with Gasteiger partial charge >= 0.3 is 0 Å². The fourth-order valence-corrected chi connectivity index (χ4v) is 4.18. The van der Waals surface area contributed by atoms with E-state index in [-0.39, 0.29) is 23.6 Å². The van der Waals surface area contributed by atoms with Gasteiger partial charge in [-0.1, -0.05) is 30.3 Å². The Hall–Kier alpha value is -3.15. The van der Waals surface area contributed by atoms with E-state index in [1.165, 1.54) is 0 Å². The minimum atomic E-state index is -0.188. The highest BCUT2D eigenvalue weighted by Gasteiger charge is 2.28. The number of likely N-dealkylation sites (tertiary alicyclic amines) is 1. The van der Waals surface area contributed by atoms with E-state index in [4.69, 9.17) is 0 Å². The lowest BCUT2D eigenvalue weighted by atomic mass is 9.96. The number of carbonyl (C=O) groups excluding carboxylic acids is 3. The molecule has 1 N–H and O–H groups in total. The summed E-state index contributed by atoms with van der Waals surface area (Å²) in [5.41, 5.74) is 2.60. The van der Waals surface area contributed by atoms with Crippen molar-refractivity contribution in [1.29, 1.82) is 0 Å². The number of hydrogen-bond acceptors (Lipinski definition) is 3. The summed E-state index contributed by atoms with van der Waals surface area (Å²) in [4.78, 5) is 40.9. The van der Waals surface area contributed by atoms with E-state index in [1.54, 1.807) is 9.80 Å². The maximum absolute atomic E-state index is 12.8. The number of para-hydroxylation sites is 1. The second-order valence-electron chi connectivity index (χ2n) is 8.03. The Morgan fingerprint density at radius 3 is 2.43 bits per heavy atom. The first-order valence-corrected chi connectivity index (χ1v) is 10.6. The maximum Gasteiger partial charge on any atom is 0.229 e. The van der Waals surface area contributed by atoms with Gasteiger partial charge in [-0.2, -0.15) is 0 Å². The lowest BCUT2D eigenvalue weighted by Crippen LogP contribution is -2.44. The summed E-state index contributed by atoms with van der Waals surface area (Å²) in [6.07, 6.45) is 3.43. The van der Waals surface area contributed by atoms with Crippen molar-refractivity contribution in [1.82, 2.24) is 4.90 Å². The van der Waals surface area contributed by atoms with Crippen molar-refractivity contribution in [3.8, 4) is 0 Å². The van der Waals surface area contributed by atoms with Gasteiger partial charge in [0.15, 0.2) is 0 Å². The van der Waals surface area contributed by atoms with E-state index < -0.39 is 0 Å². The van der Waals surface area contributed by atoms with Crippen LogP contribution in [-0.4, -0.2) is 42.3 Å². The fourth-order valence-electron chi connectivity index (χ4n) is 4.18. The Labute approximate surface area is 176 Å². The summed E-state index contributed by atoms with van der Waals surface area (Å²) < 4.78 is 0. The van der Waals surface area contributed by atoms with Crippen LogP contribution in [0.3, 0.4) is 0 Å². The molecule has 0 saturated carbocycles. The number of piperidine rings is 1. The highest BCUT2D eigenvalue weighted by atomic mass is 16.2. The molecule has 0 aromatic heterocycles. The van der Waals surface area contributed by atoms with Gasteiger partial charge in [-0.25, -0.2) is 0 Å². The minimum Gasteiger partial charge on any atom is -0.342 e. The molecule has 2 aromatic carbocycles. The first kappa shape index (κ1) is 20.1. The Bertz CT molecular complexity index is 911. The molecule has 1 atom stereocenters. The van der Waals surface area contributed by atoms with E-state index in [0.717, 1.165) is 42.7 Å². The third-order valence-corrected chi connectivity index (χ3v) is 5.86. The molecular weight excluding hydrogens is 378 g/mol. The van der Waals surface area contributed by atoms with Crippen molar-refractivity contribution >= 4 is 29.1 Å². The molecule has 0 bridgehead atoms. The van der Waals surface area contributed by atoms with Crippen LogP contribution in [0, 0.1) is 5.92 Å². The summed E-state index contributed by atoms with van der Waals surface area (Å²) in [7, 11) is 0. The standard InChI is InChI=1S/C24H27N3O3/c28-22-9-5-15-27(22)21-12-10-18(11-13-21)16-23(29)26-14-4-6-19(17-26)24(30)25-20-7-2-1-3-8-20/h1-3,7-8,10-13,19H,4-6,9,14-17H2,(H,25,30). The Kier molecular flexibility index (Phi) is 6.12. The van der Waals surface area contributed by atoms with E-state index in [1.807, 2.05) is 54.6 Å². The predicted octanol–water partition coefficient (Wildman–Crippen LogP) is 3.23. The maximum atomic E-state index is 12.8. The van der Waals surface area contributed by atoms with Gasteiger partial charge in [-0.05, 0) is 49.1 Å². The molecule has 2 aliphatic heterocycles. The van der Waals surface area contributed by atoms with Crippen molar-refractivity contribution < 1.29 is 14.4 Å². The summed E-state index contributed by atoms with van der Waals surface area (Å²) >= 11 is 0. The number of amides is 3. The van der Waals surface area contributed by atoms with Crippen LogP contribution >= 0.6 is 0 Å².